The Morgan fingerprint density at radius 1 is 1.65 bits per heavy atom. The average molecular weight is 257 g/mol. The van der Waals surface area contributed by atoms with E-state index in [4.69, 9.17) is 5.73 Å². The number of nitro groups is 1. The minimum absolute atomic E-state index is 0.0139. The molecule has 1 heterocycles. The Bertz CT molecular complexity index is 424. The minimum Gasteiger partial charge on any atom is -0.368 e. The third kappa shape index (κ3) is 3.74. The van der Waals surface area contributed by atoms with Crippen molar-refractivity contribution in [1.29, 1.82) is 0 Å². The molecule has 1 rings (SSSR count). The molecule has 0 bridgehead atoms. The maximum Gasteiger partial charge on any atom is 0.329 e. The topological polar surface area (TPSA) is 107 Å². The molecule has 0 unspecified atom stereocenters. The smallest absolute Gasteiger partial charge is 0.329 e. The Morgan fingerprint density at radius 3 is 2.82 bits per heavy atom. The van der Waals surface area contributed by atoms with Crippen molar-refractivity contribution in [1.82, 2.24) is 9.97 Å². The molecule has 0 atom stereocenters. The molecule has 94 valence electrons. The molecule has 8 heteroatoms. The van der Waals surface area contributed by atoms with E-state index in [-0.39, 0.29) is 22.2 Å². The number of aromatic nitrogens is 2. The van der Waals surface area contributed by atoms with Gasteiger partial charge in [0.1, 0.15) is 6.20 Å². The number of hydrogen-bond acceptors (Lipinski definition) is 7. The number of nitrogen functional groups attached to an aromatic ring is 1. The summed E-state index contributed by atoms with van der Waals surface area (Å²) in [7, 11) is 0. The van der Waals surface area contributed by atoms with Crippen LogP contribution in [0.1, 0.15) is 13.8 Å². The van der Waals surface area contributed by atoms with Crippen LogP contribution in [0.25, 0.3) is 0 Å². The van der Waals surface area contributed by atoms with Crippen molar-refractivity contribution in [3.05, 3.63) is 16.3 Å². The molecule has 0 saturated carbocycles. The molecular formula is C9H15N5O2S. The van der Waals surface area contributed by atoms with Crippen molar-refractivity contribution in [3.63, 3.8) is 0 Å². The number of thioether (sulfide) groups is 1. The molecular weight excluding hydrogens is 242 g/mol. The van der Waals surface area contributed by atoms with Gasteiger partial charge in [0.15, 0.2) is 0 Å². The molecule has 0 radical (unpaired) electrons. The van der Waals surface area contributed by atoms with E-state index < -0.39 is 4.92 Å². The second-order valence-corrected chi connectivity index (χ2v) is 5.55. The molecule has 0 aromatic carbocycles. The Morgan fingerprint density at radius 2 is 2.29 bits per heavy atom. The number of nitrogens with two attached hydrogens (primary N) is 1. The molecule has 1 aromatic heterocycles. The van der Waals surface area contributed by atoms with Crippen LogP contribution in [0.5, 0.6) is 0 Å². The Kier molecular flexibility index (Phi) is 4.11. The van der Waals surface area contributed by atoms with Gasteiger partial charge in [0, 0.05) is 11.3 Å². The first kappa shape index (κ1) is 13.5. The number of nitrogens with one attached hydrogen (secondary N) is 1. The first-order valence-electron chi connectivity index (χ1n) is 4.91. The highest BCUT2D eigenvalue weighted by atomic mass is 32.2. The van der Waals surface area contributed by atoms with Crippen LogP contribution >= 0.6 is 11.8 Å². The van der Waals surface area contributed by atoms with E-state index in [1.54, 1.807) is 11.8 Å². The Balaban J connectivity index is 2.89. The summed E-state index contributed by atoms with van der Waals surface area (Å²) in [4.78, 5) is 17.7. The summed E-state index contributed by atoms with van der Waals surface area (Å²) in [6, 6.07) is 0. The van der Waals surface area contributed by atoms with Crippen LogP contribution in [0.2, 0.25) is 0 Å². The van der Waals surface area contributed by atoms with Crippen molar-refractivity contribution in [2.75, 3.05) is 23.9 Å². The zero-order valence-electron chi connectivity index (χ0n) is 9.93. The van der Waals surface area contributed by atoms with E-state index in [2.05, 4.69) is 15.3 Å². The second-order valence-electron chi connectivity index (χ2n) is 4.04. The Labute approximate surface area is 103 Å². The first-order valence-corrected chi connectivity index (χ1v) is 6.14. The molecule has 3 N–H and O–H groups in total. The van der Waals surface area contributed by atoms with E-state index in [0.717, 1.165) is 6.20 Å². The van der Waals surface area contributed by atoms with Crippen molar-refractivity contribution in [2.24, 2.45) is 0 Å². The zero-order valence-corrected chi connectivity index (χ0v) is 10.7. The lowest BCUT2D eigenvalue weighted by molar-refractivity contribution is -0.384. The predicted molar refractivity (Wildman–Crippen MR) is 69.2 cm³/mol. The molecule has 0 amide bonds. The van der Waals surface area contributed by atoms with Gasteiger partial charge < -0.3 is 11.1 Å². The molecule has 0 aliphatic carbocycles. The van der Waals surface area contributed by atoms with Gasteiger partial charge in [-0.3, -0.25) is 10.1 Å². The fourth-order valence-corrected chi connectivity index (χ4v) is 1.24. The van der Waals surface area contributed by atoms with Crippen LogP contribution in [0, 0.1) is 10.1 Å². The minimum atomic E-state index is -0.534. The van der Waals surface area contributed by atoms with E-state index in [1.165, 1.54) is 0 Å². The average Bonchev–Trinajstić information content (AvgIpc) is 2.26. The highest BCUT2D eigenvalue weighted by molar-refractivity contribution is 7.99. The fourth-order valence-electron chi connectivity index (χ4n) is 1.02. The number of rotatable bonds is 5. The lowest BCUT2D eigenvalue weighted by Crippen LogP contribution is -2.26. The third-order valence-corrected chi connectivity index (χ3v) is 3.47. The van der Waals surface area contributed by atoms with Gasteiger partial charge in [0.05, 0.1) is 4.92 Å². The zero-order chi connectivity index (χ0) is 13.1. The van der Waals surface area contributed by atoms with Crippen molar-refractivity contribution in [2.45, 2.75) is 18.6 Å². The molecule has 17 heavy (non-hydrogen) atoms. The summed E-state index contributed by atoms with van der Waals surface area (Å²) in [5.41, 5.74) is 5.24. The molecule has 0 spiro atoms. The van der Waals surface area contributed by atoms with Gasteiger partial charge in [0.25, 0.3) is 0 Å². The van der Waals surface area contributed by atoms with E-state index in [1.807, 2.05) is 20.1 Å². The highest BCUT2D eigenvalue weighted by Crippen LogP contribution is 2.25. The van der Waals surface area contributed by atoms with Crippen molar-refractivity contribution in [3.8, 4) is 0 Å². The molecule has 7 nitrogen and oxygen atoms in total. The standard InChI is InChI=1S/C9H15N5O2S/c1-9(2,17-3)5-12-7-6(14(15)16)4-11-8(10)13-7/h4H,5H2,1-3H3,(H3,10,11,12,13). The van der Waals surface area contributed by atoms with Gasteiger partial charge in [-0.15, -0.1) is 0 Å². The van der Waals surface area contributed by atoms with Crippen molar-refractivity contribution < 1.29 is 4.92 Å². The van der Waals surface area contributed by atoms with Gasteiger partial charge in [-0.25, -0.2) is 4.98 Å². The van der Waals surface area contributed by atoms with Crippen LogP contribution in [-0.4, -0.2) is 32.4 Å². The largest absolute Gasteiger partial charge is 0.368 e. The number of nitrogens with zero attached hydrogens (tertiary/aromatic N) is 3. The summed E-state index contributed by atoms with van der Waals surface area (Å²) in [6.07, 6.45) is 3.08. The maximum atomic E-state index is 10.8. The molecule has 0 aliphatic rings. The molecule has 0 fully saturated rings. The van der Waals surface area contributed by atoms with Crippen molar-refractivity contribution >= 4 is 29.2 Å². The van der Waals surface area contributed by atoms with Gasteiger partial charge in [-0.2, -0.15) is 16.7 Å². The van der Waals surface area contributed by atoms with Crippen LogP contribution < -0.4 is 11.1 Å². The quantitative estimate of drug-likeness (QED) is 0.608. The highest BCUT2D eigenvalue weighted by Gasteiger charge is 2.20. The summed E-state index contributed by atoms with van der Waals surface area (Å²) in [6.45, 7) is 4.60. The number of anilines is 2. The summed E-state index contributed by atoms with van der Waals surface area (Å²) < 4.78 is -0.0480. The first-order chi connectivity index (χ1) is 7.85. The predicted octanol–water partition coefficient (Wildman–Crippen LogP) is 1.52. The second kappa shape index (κ2) is 5.17. The summed E-state index contributed by atoms with van der Waals surface area (Å²) >= 11 is 1.66. The van der Waals surface area contributed by atoms with Gasteiger partial charge in [0.2, 0.25) is 11.8 Å². The molecule has 1 aromatic rings. The van der Waals surface area contributed by atoms with Gasteiger partial charge >= 0.3 is 5.69 Å². The molecule has 0 aliphatic heterocycles. The molecule has 0 saturated heterocycles. The van der Waals surface area contributed by atoms with E-state index in [9.17, 15) is 10.1 Å². The van der Waals surface area contributed by atoms with Crippen LogP contribution in [0.4, 0.5) is 17.5 Å². The van der Waals surface area contributed by atoms with E-state index in [0.29, 0.717) is 6.54 Å². The van der Waals surface area contributed by atoms with Crippen LogP contribution in [0.3, 0.4) is 0 Å². The monoisotopic (exact) mass is 257 g/mol. The summed E-state index contributed by atoms with van der Waals surface area (Å²) in [5, 5.41) is 13.7. The SMILES string of the molecule is CSC(C)(C)CNc1nc(N)ncc1[N+](=O)[O-]. The van der Waals surface area contributed by atoms with Crippen LogP contribution in [-0.2, 0) is 0 Å². The Hall–Kier alpha value is -1.57. The normalized spacial score (nSPS) is 11.2. The number of hydrogen-bond donors (Lipinski definition) is 2. The van der Waals surface area contributed by atoms with Gasteiger partial charge in [-0.1, -0.05) is 0 Å². The van der Waals surface area contributed by atoms with Gasteiger partial charge in [-0.05, 0) is 20.1 Å². The lowest BCUT2D eigenvalue weighted by Gasteiger charge is -2.22. The maximum absolute atomic E-state index is 10.8. The third-order valence-electron chi connectivity index (χ3n) is 2.22. The fraction of sp³-hybridized carbons (Fsp3) is 0.556. The van der Waals surface area contributed by atoms with Crippen LogP contribution in [0.15, 0.2) is 6.20 Å². The summed E-state index contributed by atoms with van der Waals surface area (Å²) in [5.74, 6) is 0.171. The van der Waals surface area contributed by atoms with E-state index >= 15 is 0 Å². The lowest BCUT2D eigenvalue weighted by atomic mass is 10.2.